The number of nitrogens with two attached hydrogens (primary N) is 1. The summed E-state index contributed by atoms with van der Waals surface area (Å²) in [5.74, 6) is 0.698. The van der Waals surface area contributed by atoms with Crippen molar-refractivity contribution >= 4 is 33.3 Å². The first-order chi connectivity index (χ1) is 9.00. The smallest absolute Gasteiger partial charge is 0.147 e. The van der Waals surface area contributed by atoms with Crippen LogP contribution in [0.2, 0.25) is 0 Å². The molecule has 0 radical (unpaired) electrons. The molecular weight excluding hydrogens is 311 g/mol. The van der Waals surface area contributed by atoms with Crippen LogP contribution in [0.3, 0.4) is 0 Å². The van der Waals surface area contributed by atoms with Crippen LogP contribution >= 0.6 is 15.9 Å². The second kappa shape index (κ2) is 5.52. The molecule has 0 aliphatic heterocycles. The van der Waals surface area contributed by atoms with Gasteiger partial charge in [0.25, 0.3) is 0 Å². The normalized spacial score (nSPS) is 10.8. The lowest BCUT2D eigenvalue weighted by molar-refractivity contribution is 0.631. The van der Waals surface area contributed by atoms with E-state index < -0.39 is 0 Å². The molecule has 0 atom stereocenters. The molecule has 0 unspecified atom stereocenters. The molecule has 1 aromatic heterocycles. The van der Waals surface area contributed by atoms with Crippen molar-refractivity contribution < 1.29 is 4.39 Å². The van der Waals surface area contributed by atoms with E-state index in [-0.39, 0.29) is 11.7 Å². The summed E-state index contributed by atoms with van der Waals surface area (Å²) in [7, 11) is 0. The molecule has 19 heavy (non-hydrogen) atoms. The molecule has 6 heteroatoms. The topological polar surface area (TPSA) is 63.8 Å². The molecule has 0 amide bonds. The fraction of sp³-hybridized carbons (Fsp3) is 0.231. The zero-order chi connectivity index (χ0) is 14.0. The zero-order valence-electron chi connectivity index (χ0n) is 10.6. The molecule has 1 aromatic carbocycles. The van der Waals surface area contributed by atoms with Crippen molar-refractivity contribution in [1.82, 2.24) is 9.97 Å². The van der Waals surface area contributed by atoms with Crippen molar-refractivity contribution in [2.24, 2.45) is 0 Å². The number of anilines is 3. The van der Waals surface area contributed by atoms with Gasteiger partial charge in [-0.05, 0) is 34.0 Å². The monoisotopic (exact) mass is 324 g/mol. The van der Waals surface area contributed by atoms with Crippen LogP contribution in [-0.4, -0.2) is 9.97 Å². The van der Waals surface area contributed by atoms with E-state index in [4.69, 9.17) is 5.73 Å². The highest BCUT2D eigenvalue weighted by Crippen LogP contribution is 2.32. The molecule has 2 rings (SSSR count). The average molecular weight is 325 g/mol. The van der Waals surface area contributed by atoms with E-state index in [1.54, 1.807) is 12.1 Å². The third kappa shape index (κ3) is 2.84. The number of rotatable bonds is 3. The summed E-state index contributed by atoms with van der Waals surface area (Å²) in [5.41, 5.74) is 6.97. The predicted molar refractivity (Wildman–Crippen MR) is 77.9 cm³/mol. The number of nitrogens with one attached hydrogen (secondary N) is 1. The Balaban J connectivity index is 2.47. The lowest BCUT2D eigenvalue weighted by Gasteiger charge is -2.16. The van der Waals surface area contributed by atoms with Crippen molar-refractivity contribution in [2.75, 3.05) is 11.1 Å². The first-order valence-electron chi connectivity index (χ1n) is 5.82. The van der Waals surface area contributed by atoms with Gasteiger partial charge in [0.1, 0.15) is 23.8 Å². The summed E-state index contributed by atoms with van der Waals surface area (Å²) >= 11 is 3.31. The van der Waals surface area contributed by atoms with Crippen molar-refractivity contribution in [3.05, 3.63) is 40.4 Å². The zero-order valence-corrected chi connectivity index (χ0v) is 12.2. The Morgan fingerprint density at radius 3 is 2.68 bits per heavy atom. The van der Waals surface area contributed by atoms with Gasteiger partial charge < -0.3 is 11.1 Å². The Hall–Kier alpha value is -1.69. The molecule has 0 saturated carbocycles. The highest BCUT2D eigenvalue weighted by atomic mass is 79.9. The molecule has 1 heterocycles. The van der Waals surface area contributed by atoms with Crippen LogP contribution in [0.15, 0.2) is 29.0 Å². The van der Waals surface area contributed by atoms with Crippen LogP contribution in [0.5, 0.6) is 0 Å². The van der Waals surface area contributed by atoms with Crippen LogP contribution < -0.4 is 11.1 Å². The number of para-hydroxylation sites is 1. The van der Waals surface area contributed by atoms with Crippen molar-refractivity contribution in [3.8, 4) is 0 Å². The summed E-state index contributed by atoms with van der Waals surface area (Å²) in [5, 5.41) is 2.98. The Bertz CT molecular complexity index is 581. The van der Waals surface area contributed by atoms with E-state index in [0.29, 0.717) is 21.8 Å². The fourth-order valence-corrected chi connectivity index (χ4v) is 2.25. The lowest BCUT2D eigenvalue weighted by atomic mass is 10.0. The van der Waals surface area contributed by atoms with Crippen LogP contribution in [-0.2, 0) is 0 Å². The quantitative estimate of drug-likeness (QED) is 0.900. The van der Waals surface area contributed by atoms with Gasteiger partial charge in [-0.3, -0.25) is 0 Å². The molecule has 0 spiro atoms. The number of hydrogen-bond acceptors (Lipinski definition) is 4. The standard InChI is InChI=1S/C13H14BrFN4/c1-7(2)10-12(16)17-6-18-13(10)19-11-8(14)4-3-5-9(11)15/h3-7H,1-2H3,(H3,16,17,18,19). The second-order valence-corrected chi connectivity index (χ2v) is 5.25. The van der Waals surface area contributed by atoms with Crippen LogP contribution in [0, 0.1) is 5.82 Å². The predicted octanol–water partition coefficient (Wildman–Crippen LogP) is 3.83. The third-order valence-corrected chi connectivity index (χ3v) is 3.36. The molecule has 100 valence electrons. The Morgan fingerprint density at radius 1 is 1.32 bits per heavy atom. The Labute approximate surface area is 119 Å². The first kappa shape index (κ1) is 13.7. The lowest BCUT2D eigenvalue weighted by Crippen LogP contribution is -2.07. The van der Waals surface area contributed by atoms with Gasteiger partial charge in [-0.2, -0.15) is 0 Å². The number of benzene rings is 1. The summed E-state index contributed by atoms with van der Waals surface area (Å²) in [6.07, 6.45) is 1.36. The van der Waals surface area contributed by atoms with Crippen molar-refractivity contribution in [2.45, 2.75) is 19.8 Å². The van der Waals surface area contributed by atoms with Gasteiger partial charge in [-0.15, -0.1) is 0 Å². The molecule has 3 N–H and O–H groups in total. The van der Waals surface area contributed by atoms with E-state index in [9.17, 15) is 4.39 Å². The van der Waals surface area contributed by atoms with Gasteiger partial charge in [0.2, 0.25) is 0 Å². The molecule has 4 nitrogen and oxygen atoms in total. The first-order valence-corrected chi connectivity index (χ1v) is 6.61. The van der Waals surface area contributed by atoms with E-state index >= 15 is 0 Å². The molecule has 0 bridgehead atoms. The maximum Gasteiger partial charge on any atom is 0.147 e. The Morgan fingerprint density at radius 2 is 2.05 bits per heavy atom. The van der Waals surface area contributed by atoms with Crippen LogP contribution in [0.25, 0.3) is 0 Å². The Kier molecular flexibility index (Phi) is 3.99. The number of aromatic nitrogens is 2. The van der Waals surface area contributed by atoms with Gasteiger partial charge in [0.15, 0.2) is 0 Å². The van der Waals surface area contributed by atoms with Crippen molar-refractivity contribution in [1.29, 1.82) is 0 Å². The number of nitrogen functional groups attached to an aromatic ring is 1. The highest BCUT2D eigenvalue weighted by Gasteiger charge is 2.15. The minimum absolute atomic E-state index is 0.134. The van der Waals surface area contributed by atoms with Crippen LogP contribution in [0.4, 0.5) is 21.7 Å². The second-order valence-electron chi connectivity index (χ2n) is 4.40. The van der Waals surface area contributed by atoms with E-state index in [1.807, 2.05) is 13.8 Å². The van der Waals surface area contributed by atoms with Gasteiger partial charge in [-0.1, -0.05) is 19.9 Å². The van der Waals surface area contributed by atoms with Crippen LogP contribution in [0.1, 0.15) is 25.3 Å². The largest absolute Gasteiger partial charge is 0.383 e. The number of halogens is 2. The summed E-state index contributed by atoms with van der Waals surface area (Å²) in [6.45, 7) is 3.97. The van der Waals surface area contributed by atoms with Crippen molar-refractivity contribution in [3.63, 3.8) is 0 Å². The van der Waals surface area contributed by atoms with Gasteiger partial charge in [0.05, 0.1) is 5.69 Å². The summed E-state index contributed by atoms with van der Waals surface area (Å²) in [6, 6.07) is 4.76. The van der Waals surface area contributed by atoms with E-state index in [2.05, 4.69) is 31.2 Å². The average Bonchev–Trinajstić information content (AvgIpc) is 2.33. The maximum absolute atomic E-state index is 13.8. The minimum atomic E-state index is -0.360. The fourth-order valence-electron chi connectivity index (χ4n) is 1.81. The third-order valence-electron chi connectivity index (χ3n) is 2.70. The SMILES string of the molecule is CC(C)c1c(N)ncnc1Nc1c(F)cccc1Br. The maximum atomic E-state index is 13.8. The van der Waals surface area contributed by atoms with Gasteiger partial charge in [-0.25, -0.2) is 14.4 Å². The number of nitrogens with zero attached hydrogens (tertiary/aromatic N) is 2. The molecule has 0 fully saturated rings. The number of hydrogen-bond donors (Lipinski definition) is 2. The van der Waals surface area contributed by atoms with E-state index in [1.165, 1.54) is 12.4 Å². The highest BCUT2D eigenvalue weighted by molar-refractivity contribution is 9.10. The molecule has 2 aromatic rings. The van der Waals surface area contributed by atoms with Gasteiger partial charge in [0, 0.05) is 10.0 Å². The minimum Gasteiger partial charge on any atom is -0.383 e. The van der Waals surface area contributed by atoms with Gasteiger partial charge >= 0.3 is 0 Å². The molecule has 0 aliphatic carbocycles. The molecule has 0 aliphatic rings. The molecule has 0 saturated heterocycles. The summed E-state index contributed by atoms with van der Waals surface area (Å²) < 4.78 is 14.4. The molecular formula is C13H14BrFN4. The summed E-state index contributed by atoms with van der Waals surface area (Å²) in [4.78, 5) is 8.12. The van der Waals surface area contributed by atoms with E-state index in [0.717, 1.165) is 5.56 Å².